The summed E-state index contributed by atoms with van der Waals surface area (Å²) in [5.74, 6) is 0. The highest BCUT2D eigenvalue weighted by atomic mass is 14.8. The third kappa shape index (κ3) is 2.09. The first kappa shape index (κ1) is 7.13. The minimum Gasteiger partial charge on any atom is -0.362 e. The molecule has 0 fully saturated rings. The van der Waals surface area contributed by atoms with Gasteiger partial charge in [0.2, 0.25) is 0 Å². The van der Waals surface area contributed by atoms with Gasteiger partial charge in [-0.15, -0.1) is 0 Å². The molecule has 1 N–H and O–H groups in total. The zero-order valence-corrected chi connectivity index (χ0v) is 6.30. The second-order valence-electron chi connectivity index (χ2n) is 2.28. The highest BCUT2D eigenvalue weighted by molar-refractivity contribution is 5.21. The van der Waals surface area contributed by atoms with E-state index in [0.717, 1.165) is 6.42 Å². The third-order valence-corrected chi connectivity index (χ3v) is 1.41. The van der Waals surface area contributed by atoms with Crippen molar-refractivity contribution in [2.24, 2.45) is 0 Å². The molecule has 1 aliphatic carbocycles. The van der Waals surface area contributed by atoms with Gasteiger partial charge >= 0.3 is 0 Å². The summed E-state index contributed by atoms with van der Waals surface area (Å²) >= 11 is 0. The molecule has 0 aromatic heterocycles. The number of rotatable bonds is 2. The topological polar surface area (TPSA) is 12.0 Å². The monoisotopic (exact) mass is 135 g/mol. The standard InChI is InChI=1S/C9H13N/c1-2-8-10-9-6-4-3-5-7-9/h2,4,6-8,10H,3,5H2,1H3/b8-2-. The number of hydrogen-bond acceptors (Lipinski definition) is 1. The normalized spacial score (nSPS) is 17.5. The molecule has 0 radical (unpaired) electrons. The summed E-state index contributed by atoms with van der Waals surface area (Å²) in [5.41, 5.74) is 1.21. The molecule has 1 aliphatic rings. The van der Waals surface area contributed by atoms with Crippen LogP contribution in [0.2, 0.25) is 0 Å². The molecule has 0 saturated heterocycles. The van der Waals surface area contributed by atoms with Crippen molar-refractivity contribution in [1.82, 2.24) is 5.32 Å². The molecule has 0 amide bonds. The van der Waals surface area contributed by atoms with E-state index in [-0.39, 0.29) is 0 Å². The van der Waals surface area contributed by atoms with Gasteiger partial charge in [0.05, 0.1) is 0 Å². The van der Waals surface area contributed by atoms with E-state index < -0.39 is 0 Å². The lowest BCUT2D eigenvalue weighted by Crippen LogP contribution is -2.03. The van der Waals surface area contributed by atoms with Crippen LogP contribution in [-0.2, 0) is 0 Å². The molecule has 0 unspecified atom stereocenters. The van der Waals surface area contributed by atoms with Crippen LogP contribution in [0.4, 0.5) is 0 Å². The van der Waals surface area contributed by atoms with Gasteiger partial charge in [0, 0.05) is 5.70 Å². The fourth-order valence-corrected chi connectivity index (χ4v) is 0.900. The van der Waals surface area contributed by atoms with E-state index >= 15 is 0 Å². The van der Waals surface area contributed by atoms with E-state index in [1.807, 2.05) is 19.2 Å². The first-order chi connectivity index (χ1) is 4.93. The lowest BCUT2D eigenvalue weighted by Gasteiger charge is -2.04. The Bertz CT molecular complexity index is 175. The fourth-order valence-electron chi connectivity index (χ4n) is 0.900. The Kier molecular flexibility index (Phi) is 2.81. The summed E-state index contributed by atoms with van der Waals surface area (Å²) < 4.78 is 0. The van der Waals surface area contributed by atoms with E-state index in [1.165, 1.54) is 12.1 Å². The molecule has 0 aromatic carbocycles. The van der Waals surface area contributed by atoms with Crippen LogP contribution in [0.15, 0.2) is 36.2 Å². The second kappa shape index (κ2) is 3.94. The van der Waals surface area contributed by atoms with Crippen molar-refractivity contribution in [2.75, 3.05) is 0 Å². The van der Waals surface area contributed by atoms with Crippen molar-refractivity contribution >= 4 is 0 Å². The predicted octanol–water partition coefficient (Wildman–Crippen LogP) is 2.34. The summed E-state index contributed by atoms with van der Waals surface area (Å²) in [6.07, 6.45) is 12.8. The van der Waals surface area contributed by atoms with E-state index in [4.69, 9.17) is 0 Å². The van der Waals surface area contributed by atoms with Gasteiger partial charge in [-0.05, 0) is 32.0 Å². The lowest BCUT2D eigenvalue weighted by atomic mass is 10.1. The molecule has 1 nitrogen and oxygen atoms in total. The Hall–Kier alpha value is -0.980. The summed E-state index contributed by atoms with van der Waals surface area (Å²) in [7, 11) is 0. The highest BCUT2D eigenvalue weighted by Gasteiger charge is 1.91. The molecule has 0 atom stereocenters. The van der Waals surface area contributed by atoms with Gasteiger partial charge in [-0.2, -0.15) is 0 Å². The minimum absolute atomic E-state index is 1.16. The SMILES string of the molecule is C/C=C\NC1=CCCC=C1. The zero-order valence-electron chi connectivity index (χ0n) is 6.30. The number of nitrogens with one attached hydrogen (secondary N) is 1. The molecule has 0 saturated carbocycles. The molecule has 0 bridgehead atoms. The van der Waals surface area contributed by atoms with Crippen LogP contribution < -0.4 is 5.32 Å². The third-order valence-electron chi connectivity index (χ3n) is 1.41. The van der Waals surface area contributed by atoms with Gasteiger partial charge in [0.1, 0.15) is 0 Å². The summed E-state index contributed by atoms with van der Waals surface area (Å²) in [6, 6.07) is 0. The molecule has 1 rings (SSSR count). The maximum atomic E-state index is 3.16. The van der Waals surface area contributed by atoms with Crippen molar-refractivity contribution < 1.29 is 0 Å². The van der Waals surface area contributed by atoms with Crippen LogP contribution in [0, 0.1) is 0 Å². The smallest absolute Gasteiger partial charge is 0.0335 e. The quantitative estimate of drug-likeness (QED) is 0.612. The van der Waals surface area contributed by atoms with E-state index in [1.54, 1.807) is 0 Å². The zero-order chi connectivity index (χ0) is 7.23. The number of hydrogen-bond donors (Lipinski definition) is 1. The van der Waals surface area contributed by atoms with Crippen molar-refractivity contribution in [3.05, 3.63) is 36.2 Å². The van der Waals surface area contributed by atoms with Gasteiger partial charge in [-0.1, -0.05) is 18.2 Å². The predicted molar refractivity (Wildman–Crippen MR) is 44.4 cm³/mol. The molecule has 0 aromatic rings. The minimum atomic E-state index is 1.16. The van der Waals surface area contributed by atoms with Gasteiger partial charge in [0.25, 0.3) is 0 Å². The average Bonchev–Trinajstić information content (AvgIpc) is 2.03. The maximum absolute atomic E-state index is 3.16. The average molecular weight is 135 g/mol. The second-order valence-corrected chi connectivity index (χ2v) is 2.28. The molecule has 0 spiro atoms. The molecule has 10 heavy (non-hydrogen) atoms. The Morgan fingerprint density at radius 1 is 1.50 bits per heavy atom. The Balaban J connectivity index is 2.40. The molecule has 0 heterocycles. The Morgan fingerprint density at radius 2 is 2.40 bits per heavy atom. The highest BCUT2D eigenvalue weighted by Crippen LogP contribution is 2.05. The van der Waals surface area contributed by atoms with Crippen LogP contribution in [0.5, 0.6) is 0 Å². The first-order valence-corrected chi connectivity index (χ1v) is 3.68. The molecule has 1 heteroatoms. The largest absolute Gasteiger partial charge is 0.362 e. The van der Waals surface area contributed by atoms with Crippen molar-refractivity contribution in [3.63, 3.8) is 0 Å². The van der Waals surface area contributed by atoms with Crippen LogP contribution in [-0.4, -0.2) is 0 Å². The van der Waals surface area contributed by atoms with Crippen LogP contribution in [0.1, 0.15) is 19.8 Å². The van der Waals surface area contributed by atoms with Crippen molar-refractivity contribution in [2.45, 2.75) is 19.8 Å². The van der Waals surface area contributed by atoms with Crippen molar-refractivity contribution in [3.8, 4) is 0 Å². The summed E-state index contributed by atoms with van der Waals surface area (Å²) in [6.45, 7) is 2.00. The van der Waals surface area contributed by atoms with Crippen LogP contribution in [0.3, 0.4) is 0 Å². The molecule has 54 valence electrons. The maximum Gasteiger partial charge on any atom is 0.0335 e. The van der Waals surface area contributed by atoms with Crippen molar-refractivity contribution in [1.29, 1.82) is 0 Å². The summed E-state index contributed by atoms with van der Waals surface area (Å²) in [5, 5.41) is 3.16. The number of allylic oxidation sites excluding steroid dienone is 4. The van der Waals surface area contributed by atoms with Crippen LogP contribution >= 0.6 is 0 Å². The first-order valence-electron chi connectivity index (χ1n) is 3.68. The fraction of sp³-hybridized carbons (Fsp3) is 0.333. The van der Waals surface area contributed by atoms with Gasteiger partial charge < -0.3 is 5.32 Å². The molecular formula is C9H13N. The van der Waals surface area contributed by atoms with Gasteiger partial charge in [0.15, 0.2) is 0 Å². The van der Waals surface area contributed by atoms with Crippen LogP contribution in [0.25, 0.3) is 0 Å². The van der Waals surface area contributed by atoms with E-state index in [0.29, 0.717) is 0 Å². The molecule has 0 aliphatic heterocycles. The lowest BCUT2D eigenvalue weighted by molar-refractivity contribution is 0.968. The van der Waals surface area contributed by atoms with E-state index in [9.17, 15) is 0 Å². The van der Waals surface area contributed by atoms with Gasteiger partial charge in [-0.25, -0.2) is 0 Å². The van der Waals surface area contributed by atoms with Gasteiger partial charge in [-0.3, -0.25) is 0 Å². The Labute approximate surface area is 62.1 Å². The summed E-state index contributed by atoms with van der Waals surface area (Å²) in [4.78, 5) is 0. The molecular weight excluding hydrogens is 122 g/mol. The Morgan fingerprint density at radius 3 is 3.00 bits per heavy atom. The van der Waals surface area contributed by atoms with E-state index in [2.05, 4.69) is 23.5 Å².